The predicted molar refractivity (Wildman–Crippen MR) is 98.8 cm³/mol. The summed E-state index contributed by atoms with van der Waals surface area (Å²) in [5, 5.41) is 5.90. The van der Waals surface area contributed by atoms with Gasteiger partial charge in [-0.1, -0.05) is 18.2 Å². The molecule has 2 amide bonds. The Morgan fingerprint density at radius 3 is 2.96 bits per heavy atom. The van der Waals surface area contributed by atoms with Crippen molar-refractivity contribution in [3.63, 3.8) is 0 Å². The van der Waals surface area contributed by atoms with Gasteiger partial charge in [-0.2, -0.15) is 0 Å². The molecular formula is C19H16N4O4. The molecule has 8 heteroatoms. The molecule has 27 heavy (non-hydrogen) atoms. The molecule has 0 saturated carbocycles. The van der Waals surface area contributed by atoms with Crippen molar-refractivity contribution in [1.82, 2.24) is 15.3 Å². The summed E-state index contributed by atoms with van der Waals surface area (Å²) in [7, 11) is 0. The number of hydrogen-bond donors (Lipinski definition) is 3. The number of nitrogens with one attached hydrogen (secondary N) is 3. The number of anilines is 1. The van der Waals surface area contributed by atoms with E-state index in [1.54, 1.807) is 30.3 Å². The van der Waals surface area contributed by atoms with Crippen LogP contribution in [0, 0.1) is 6.92 Å². The number of aromatic amines is 1. The molecule has 0 aliphatic carbocycles. The van der Waals surface area contributed by atoms with E-state index in [0.717, 1.165) is 11.1 Å². The molecule has 0 atom stereocenters. The van der Waals surface area contributed by atoms with Gasteiger partial charge in [0.15, 0.2) is 12.4 Å². The highest BCUT2D eigenvalue weighted by Gasteiger charge is 2.17. The van der Waals surface area contributed by atoms with Crippen LogP contribution in [-0.4, -0.2) is 28.4 Å². The molecule has 136 valence electrons. The summed E-state index contributed by atoms with van der Waals surface area (Å²) in [5.74, 6) is -0.182. The highest BCUT2D eigenvalue weighted by Crippen LogP contribution is 2.28. The first-order valence-corrected chi connectivity index (χ1v) is 8.35. The molecule has 3 N–H and O–H groups in total. The lowest BCUT2D eigenvalue weighted by atomic mass is 10.1. The summed E-state index contributed by atoms with van der Waals surface area (Å²) < 4.78 is 5.30. The van der Waals surface area contributed by atoms with E-state index in [4.69, 9.17) is 4.74 Å². The molecule has 2 heterocycles. The van der Waals surface area contributed by atoms with E-state index in [0.29, 0.717) is 22.3 Å². The van der Waals surface area contributed by atoms with Crippen LogP contribution in [-0.2, 0) is 11.3 Å². The zero-order valence-electron chi connectivity index (χ0n) is 14.5. The van der Waals surface area contributed by atoms with Gasteiger partial charge in [0.1, 0.15) is 5.75 Å². The fourth-order valence-corrected chi connectivity index (χ4v) is 2.97. The molecule has 0 saturated heterocycles. The highest BCUT2D eigenvalue weighted by molar-refractivity contribution is 5.95. The Morgan fingerprint density at radius 1 is 1.26 bits per heavy atom. The Kier molecular flexibility index (Phi) is 4.08. The summed E-state index contributed by atoms with van der Waals surface area (Å²) in [6.07, 6.45) is 0. The van der Waals surface area contributed by atoms with Crippen molar-refractivity contribution in [2.75, 3.05) is 11.9 Å². The second-order valence-corrected chi connectivity index (χ2v) is 6.23. The van der Waals surface area contributed by atoms with Gasteiger partial charge >= 0.3 is 0 Å². The molecule has 4 rings (SSSR count). The number of nitrogens with zero attached hydrogens (tertiary/aromatic N) is 1. The third-order valence-corrected chi connectivity index (χ3v) is 4.29. The van der Waals surface area contributed by atoms with Crippen LogP contribution in [0.1, 0.15) is 21.7 Å². The Balaban J connectivity index is 1.53. The van der Waals surface area contributed by atoms with Crippen molar-refractivity contribution in [3.8, 4) is 5.75 Å². The van der Waals surface area contributed by atoms with Crippen LogP contribution in [0.25, 0.3) is 10.9 Å². The summed E-state index contributed by atoms with van der Waals surface area (Å²) in [4.78, 5) is 42.8. The summed E-state index contributed by atoms with van der Waals surface area (Å²) in [5.41, 5.74) is 2.25. The molecule has 1 aliphatic heterocycles. The number of fused-ring (bicyclic) bond motifs is 2. The van der Waals surface area contributed by atoms with Crippen molar-refractivity contribution in [2.24, 2.45) is 0 Å². The van der Waals surface area contributed by atoms with E-state index in [-0.39, 0.29) is 30.4 Å². The van der Waals surface area contributed by atoms with Crippen LogP contribution in [0.2, 0.25) is 0 Å². The summed E-state index contributed by atoms with van der Waals surface area (Å²) in [6, 6.07) is 10.5. The minimum atomic E-state index is -0.492. The van der Waals surface area contributed by atoms with Crippen LogP contribution in [0.3, 0.4) is 0 Å². The number of aryl methyl sites for hydroxylation is 1. The lowest BCUT2D eigenvalue weighted by Crippen LogP contribution is -2.28. The zero-order chi connectivity index (χ0) is 19.0. The number of benzene rings is 2. The molecule has 0 fully saturated rings. The number of ether oxygens (including phenoxy) is 1. The largest absolute Gasteiger partial charge is 0.482 e. The first-order chi connectivity index (χ1) is 13.0. The van der Waals surface area contributed by atoms with Crippen LogP contribution >= 0.6 is 0 Å². The number of carbonyl (C=O) groups is 2. The summed E-state index contributed by atoms with van der Waals surface area (Å²) >= 11 is 0. The minimum Gasteiger partial charge on any atom is -0.482 e. The van der Waals surface area contributed by atoms with E-state index in [1.165, 1.54) is 0 Å². The van der Waals surface area contributed by atoms with Gasteiger partial charge in [0.2, 0.25) is 0 Å². The quantitative estimate of drug-likeness (QED) is 0.652. The van der Waals surface area contributed by atoms with Crippen LogP contribution in [0.5, 0.6) is 5.75 Å². The van der Waals surface area contributed by atoms with Crippen molar-refractivity contribution in [2.45, 2.75) is 13.5 Å². The van der Waals surface area contributed by atoms with Gasteiger partial charge in [0.25, 0.3) is 17.4 Å². The van der Waals surface area contributed by atoms with Crippen LogP contribution in [0.15, 0.2) is 41.2 Å². The summed E-state index contributed by atoms with van der Waals surface area (Å²) in [6.45, 7) is 2.01. The van der Waals surface area contributed by atoms with Gasteiger partial charge in [0, 0.05) is 6.54 Å². The number of aromatic nitrogens is 2. The second kappa shape index (κ2) is 6.56. The van der Waals surface area contributed by atoms with Gasteiger partial charge in [0.05, 0.1) is 16.6 Å². The number of carbonyl (C=O) groups excluding carboxylic acids is 2. The van der Waals surface area contributed by atoms with Crippen molar-refractivity contribution < 1.29 is 14.3 Å². The number of rotatable bonds is 3. The van der Waals surface area contributed by atoms with Gasteiger partial charge in [-0.3, -0.25) is 14.4 Å². The lowest BCUT2D eigenvalue weighted by molar-refractivity contribution is -0.118. The smallest absolute Gasteiger partial charge is 0.287 e. The molecule has 3 aromatic rings. The van der Waals surface area contributed by atoms with E-state index < -0.39 is 5.91 Å². The average molecular weight is 364 g/mol. The van der Waals surface area contributed by atoms with Crippen LogP contribution in [0.4, 0.5) is 5.69 Å². The molecule has 0 unspecified atom stereocenters. The Morgan fingerprint density at radius 2 is 2.11 bits per heavy atom. The van der Waals surface area contributed by atoms with Gasteiger partial charge in [-0.05, 0) is 36.2 Å². The highest BCUT2D eigenvalue weighted by atomic mass is 16.5. The molecule has 1 aromatic heterocycles. The fraction of sp³-hybridized carbons (Fsp3) is 0.158. The minimum absolute atomic E-state index is 0.0104. The second-order valence-electron chi connectivity index (χ2n) is 6.23. The van der Waals surface area contributed by atoms with Gasteiger partial charge < -0.3 is 20.4 Å². The van der Waals surface area contributed by atoms with Crippen molar-refractivity contribution in [1.29, 1.82) is 0 Å². The molecule has 1 aliphatic rings. The maximum Gasteiger partial charge on any atom is 0.287 e. The maximum absolute atomic E-state index is 12.4. The Bertz CT molecular complexity index is 1140. The Hall–Kier alpha value is -3.68. The van der Waals surface area contributed by atoms with E-state index in [2.05, 4.69) is 20.6 Å². The first-order valence-electron chi connectivity index (χ1n) is 8.35. The molecule has 8 nitrogen and oxygen atoms in total. The topological polar surface area (TPSA) is 113 Å². The normalized spacial score (nSPS) is 12.9. The van der Waals surface area contributed by atoms with E-state index >= 15 is 0 Å². The molecule has 2 aromatic carbocycles. The van der Waals surface area contributed by atoms with E-state index in [1.807, 2.05) is 13.0 Å². The number of amides is 2. The van der Waals surface area contributed by atoms with Crippen molar-refractivity contribution >= 4 is 28.4 Å². The fourth-order valence-electron chi connectivity index (χ4n) is 2.97. The lowest BCUT2D eigenvalue weighted by Gasteiger charge is -2.18. The van der Waals surface area contributed by atoms with Gasteiger partial charge in [-0.15, -0.1) is 0 Å². The zero-order valence-corrected chi connectivity index (χ0v) is 14.5. The van der Waals surface area contributed by atoms with Crippen molar-refractivity contribution in [3.05, 3.63) is 63.7 Å². The average Bonchev–Trinajstić information content (AvgIpc) is 2.65. The number of H-pyrrole nitrogens is 1. The molecule has 0 bridgehead atoms. The molecule has 0 radical (unpaired) electrons. The maximum atomic E-state index is 12.4. The third-order valence-electron chi connectivity index (χ3n) is 4.29. The SMILES string of the molecule is Cc1cccc2nc(C(=O)NCc3ccc4c(c3)NC(=O)CO4)[nH]c(=O)c12. The van der Waals surface area contributed by atoms with Crippen LogP contribution < -0.4 is 20.9 Å². The predicted octanol–water partition coefficient (Wildman–Crippen LogP) is 1.49. The molecule has 0 spiro atoms. The molecular weight excluding hydrogens is 348 g/mol. The standard InChI is InChI=1S/C19H16N4O4/c1-10-3-2-4-12-16(10)18(25)23-17(22-12)19(26)20-8-11-5-6-14-13(7-11)21-15(24)9-27-14/h2-7H,8-9H2,1H3,(H,20,26)(H,21,24)(H,22,23,25). The first kappa shape index (κ1) is 16.8. The monoisotopic (exact) mass is 364 g/mol. The van der Waals surface area contributed by atoms with E-state index in [9.17, 15) is 14.4 Å². The van der Waals surface area contributed by atoms with Gasteiger partial charge in [-0.25, -0.2) is 4.98 Å². The number of hydrogen-bond acceptors (Lipinski definition) is 5. The Labute approximate surface area is 153 Å². The third kappa shape index (κ3) is 3.24.